The Balaban J connectivity index is 1.24. The van der Waals surface area contributed by atoms with Crippen molar-refractivity contribution in [1.29, 1.82) is 0 Å². The molecule has 0 spiro atoms. The fourth-order valence-corrected chi connectivity index (χ4v) is 4.62. The highest BCUT2D eigenvalue weighted by atomic mass is 19.1. The number of benzene rings is 2. The first-order chi connectivity index (χ1) is 15.5. The summed E-state index contributed by atoms with van der Waals surface area (Å²) in [6.07, 6.45) is 0. The fourth-order valence-electron chi connectivity index (χ4n) is 4.62. The van der Waals surface area contributed by atoms with E-state index in [-0.39, 0.29) is 23.5 Å². The molecule has 1 atom stereocenters. The summed E-state index contributed by atoms with van der Waals surface area (Å²) in [5, 5.41) is 0. The molecule has 2 aromatic rings. The number of anilines is 1. The molecule has 4 rings (SSSR count). The Hall–Kier alpha value is -2.64. The number of rotatable bonds is 6. The molecule has 2 fully saturated rings. The largest absolute Gasteiger partial charge is 0.494 e. The van der Waals surface area contributed by atoms with Crippen LogP contribution >= 0.6 is 0 Å². The third-order valence-electron chi connectivity index (χ3n) is 6.65. The molecule has 0 bridgehead atoms. The zero-order valence-electron chi connectivity index (χ0n) is 19.0. The van der Waals surface area contributed by atoms with Crippen LogP contribution in [-0.4, -0.2) is 86.1 Å². The van der Waals surface area contributed by atoms with E-state index in [4.69, 9.17) is 4.74 Å². The van der Waals surface area contributed by atoms with Crippen LogP contribution in [0.25, 0.3) is 0 Å². The second-order valence-corrected chi connectivity index (χ2v) is 8.60. The molecule has 1 unspecified atom stereocenters. The number of ether oxygens (including phenoxy) is 1. The molecule has 7 heteroatoms. The number of carbonyl (C=O) groups is 1. The van der Waals surface area contributed by atoms with Gasteiger partial charge in [0.15, 0.2) is 11.6 Å². The molecule has 172 valence electrons. The molecule has 2 aliphatic rings. The van der Waals surface area contributed by atoms with Gasteiger partial charge in [-0.05, 0) is 36.8 Å². The van der Waals surface area contributed by atoms with Crippen LogP contribution in [-0.2, 0) is 11.3 Å². The van der Waals surface area contributed by atoms with Crippen molar-refractivity contribution in [1.82, 2.24) is 14.7 Å². The minimum atomic E-state index is -0.324. The van der Waals surface area contributed by atoms with Crippen LogP contribution in [0.3, 0.4) is 0 Å². The number of amides is 1. The molecule has 0 aliphatic carbocycles. The van der Waals surface area contributed by atoms with E-state index in [1.54, 1.807) is 12.1 Å². The first-order valence-corrected chi connectivity index (χ1v) is 11.4. The number of methoxy groups -OCH3 is 1. The lowest BCUT2D eigenvalue weighted by molar-refractivity contribution is -0.137. The Morgan fingerprint density at radius 2 is 1.66 bits per heavy atom. The zero-order valence-corrected chi connectivity index (χ0v) is 19.0. The highest BCUT2D eigenvalue weighted by Crippen LogP contribution is 2.20. The van der Waals surface area contributed by atoms with E-state index in [1.165, 1.54) is 12.8 Å². The van der Waals surface area contributed by atoms with Gasteiger partial charge < -0.3 is 14.5 Å². The van der Waals surface area contributed by atoms with E-state index in [0.717, 1.165) is 57.9 Å². The summed E-state index contributed by atoms with van der Waals surface area (Å²) >= 11 is 0. The summed E-state index contributed by atoms with van der Waals surface area (Å²) in [5.41, 5.74) is 2.16. The maximum Gasteiger partial charge on any atom is 0.239 e. The van der Waals surface area contributed by atoms with Gasteiger partial charge in [-0.3, -0.25) is 14.6 Å². The lowest BCUT2D eigenvalue weighted by Crippen LogP contribution is -2.57. The number of carbonyl (C=O) groups excluding carboxylic acids is 1. The van der Waals surface area contributed by atoms with Gasteiger partial charge in [0, 0.05) is 64.6 Å². The normalized spacial score (nSPS) is 19.1. The van der Waals surface area contributed by atoms with E-state index in [9.17, 15) is 9.18 Å². The minimum Gasteiger partial charge on any atom is -0.494 e. The lowest BCUT2D eigenvalue weighted by atomic mass is 10.1. The Bertz CT molecular complexity index is 894. The van der Waals surface area contributed by atoms with Gasteiger partial charge in [0.2, 0.25) is 5.91 Å². The second kappa shape index (κ2) is 10.3. The summed E-state index contributed by atoms with van der Waals surface area (Å²) in [4.78, 5) is 22.1. The minimum absolute atomic E-state index is 0.112. The topological polar surface area (TPSA) is 39.3 Å². The number of hydrogen-bond acceptors (Lipinski definition) is 5. The maximum absolute atomic E-state index is 14.0. The molecule has 2 aliphatic heterocycles. The van der Waals surface area contributed by atoms with Crippen LogP contribution < -0.4 is 9.64 Å². The summed E-state index contributed by atoms with van der Waals surface area (Å²) in [6.45, 7) is 9.43. The predicted molar refractivity (Wildman–Crippen MR) is 124 cm³/mol. The van der Waals surface area contributed by atoms with Crippen LogP contribution in [0.5, 0.6) is 5.75 Å². The third kappa shape index (κ3) is 5.22. The number of hydrogen-bond donors (Lipinski definition) is 0. The van der Waals surface area contributed by atoms with E-state index < -0.39 is 0 Å². The second-order valence-electron chi connectivity index (χ2n) is 8.60. The molecule has 2 aromatic carbocycles. The molecule has 2 heterocycles. The SMILES string of the molecule is COc1ccc(CN2CCN(C(C)C(=O)N3CCN(c4ccccc4)CC3)CC2)cc1F. The average Bonchev–Trinajstić information content (AvgIpc) is 2.84. The summed E-state index contributed by atoms with van der Waals surface area (Å²) in [6, 6.07) is 15.4. The molecule has 1 amide bonds. The molecule has 32 heavy (non-hydrogen) atoms. The highest BCUT2D eigenvalue weighted by molar-refractivity contribution is 5.81. The van der Waals surface area contributed by atoms with Crippen molar-refractivity contribution in [3.8, 4) is 5.75 Å². The molecule has 0 aromatic heterocycles. The quantitative estimate of drug-likeness (QED) is 0.691. The van der Waals surface area contributed by atoms with Crippen molar-refractivity contribution in [3.05, 3.63) is 59.9 Å². The third-order valence-corrected chi connectivity index (χ3v) is 6.65. The van der Waals surface area contributed by atoms with Crippen molar-refractivity contribution in [2.24, 2.45) is 0 Å². The molecule has 0 radical (unpaired) electrons. The molecule has 2 saturated heterocycles. The van der Waals surface area contributed by atoms with Crippen LogP contribution in [0.15, 0.2) is 48.5 Å². The number of halogens is 1. The van der Waals surface area contributed by atoms with Crippen molar-refractivity contribution >= 4 is 11.6 Å². The van der Waals surface area contributed by atoms with Crippen molar-refractivity contribution < 1.29 is 13.9 Å². The molecular formula is C25H33FN4O2. The van der Waals surface area contributed by atoms with Crippen LogP contribution in [0.1, 0.15) is 12.5 Å². The molecule has 6 nitrogen and oxygen atoms in total. The Labute approximate surface area is 190 Å². The van der Waals surface area contributed by atoms with Gasteiger partial charge in [0.1, 0.15) is 0 Å². The van der Waals surface area contributed by atoms with Gasteiger partial charge in [-0.2, -0.15) is 0 Å². The standard InChI is InChI=1S/C25H33FN4O2/c1-20(25(31)30-16-14-29(15-17-30)22-6-4-3-5-7-22)28-12-10-27(11-13-28)19-21-8-9-24(32-2)23(26)18-21/h3-9,18,20H,10-17,19H2,1-2H3. The van der Waals surface area contributed by atoms with E-state index in [2.05, 4.69) is 39.0 Å². The predicted octanol–water partition coefficient (Wildman–Crippen LogP) is 2.69. The van der Waals surface area contributed by atoms with E-state index in [0.29, 0.717) is 6.54 Å². The smallest absolute Gasteiger partial charge is 0.239 e. The fraction of sp³-hybridized carbons (Fsp3) is 0.480. The summed E-state index contributed by atoms with van der Waals surface area (Å²) in [7, 11) is 1.48. The van der Waals surface area contributed by atoms with Gasteiger partial charge >= 0.3 is 0 Å². The first-order valence-electron chi connectivity index (χ1n) is 11.4. The van der Waals surface area contributed by atoms with Crippen molar-refractivity contribution in [2.75, 3.05) is 64.4 Å². The Kier molecular flexibility index (Phi) is 7.27. The molecular weight excluding hydrogens is 407 g/mol. The van der Waals surface area contributed by atoms with Crippen LogP contribution in [0, 0.1) is 5.82 Å². The lowest BCUT2D eigenvalue weighted by Gasteiger charge is -2.41. The van der Waals surface area contributed by atoms with Gasteiger partial charge in [0.25, 0.3) is 0 Å². The van der Waals surface area contributed by atoms with E-state index in [1.807, 2.05) is 24.0 Å². The van der Waals surface area contributed by atoms with Crippen molar-refractivity contribution in [2.45, 2.75) is 19.5 Å². The monoisotopic (exact) mass is 440 g/mol. The number of piperazine rings is 2. The Morgan fingerprint density at radius 1 is 0.969 bits per heavy atom. The van der Waals surface area contributed by atoms with Crippen LogP contribution in [0.4, 0.5) is 10.1 Å². The number of para-hydroxylation sites is 1. The van der Waals surface area contributed by atoms with Crippen molar-refractivity contribution in [3.63, 3.8) is 0 Å². The highest BCUT2D eigenvalue weighted by Gasteiger charge is 2.30. The van der Waals surface area contributed by atoms with Gasteiger partial charge in [0.05, 0.1) is 13.2 Å². The van der Waals surface area contributed by atoms with E-state index >= 15 is 0 Å². The summed E-state index contributed by atoms with van der Waals surface area (Å²) < 4.78 is 19.0. The number of nitrogens with zero attached hydrogens (tertiary/aromatic N) is 4. The molecule has 0 N–H and O–H groups in total. The van der Waals surface area contributed by atoms with Gasteiger partial charge in [-0.15, -0.1) is 0 Å². The van der Waals surface area contributed by atoms with Gasteiger partial charge in [-0.1, -0.05) is 24.3 Å². The first kappa shape index (κ1) is 22.6. The van der Waals surface area contributed by atoms with Crippen LogP contribution in [0.2, 0.25) is 0 Å². The average molecular weight is 441 g/mol. The molecule has 0 saturated carbocycles. The summed E-state index contributed by atoms with van der Waals surface area (Å²) in [5.74, 6) is 0.175. The maximum atomic E-state index is 14.0. The van der Waals surface area contributed by atoms with Gasteiger partial charge in [-0.25, -0.2) is 4.39 Å². The zero-order chi connectivity index (χ0) is 22.5. The Morgan fingerprint density at radius 3 is 2.28 bits per heavy atom.